The molecule has 4 aromatic rings. The largest absolute Gasteiger partial charge is 0.454 e. The van der Waals surface area contributed by atoms with Crippen LogP contribution in [0.4, 0.5) is 14.5 Å². The number of imidazole rings is 1. The predicted octanol–water partition coefficient (Wildman–Crippen LogP) is 6.84. The summed E-state index contributed by atoms with van der Waals surface area (Å²) in [5.41, 5.74) is 4.60. The number of fused-ring (bicyclic) bond motifs is 1. The second kappa shape index (κ2) is 10.7. The Kier molecular flexibility index (Phi) is 7.19. The number of rotatable bonds is 8. The molecule has 0 atom stereocenters. The predicted molar refractivity (Wildman–Crippen MR) is 139 cm³/mol. The monoisotopic (exact) mass is 505 g/mol. The number of halogens is 2. The van der Waals surface area contributed by atoms with Gasteiger partial charge in [0.1, 0.15) is 17.6 Å². The lowest BCUT2D eigenvalue weighted by molar-refractivity contribution is 0.0699. The van der Waals surface area contributed by atoms with Gasteiger partial charge in [0.25, 0.3) is 0 Å². The molecule has 0 radical (unpaired) electrons. The van der Waals surface area contributed by atoms with Crippen molar-refractivity contribution < 1.29 is 23.0 Å². The van der Waals surface area contributed by atoms with Crippen molar-refractivity contribution in [3.05, 3.63) is 77.6 Å². The molecule has 6 nitrogen and oxygen atoms in total. The summed E-state index contributed by atoms with van der Waals surface area (Å²) in [6.07, 6.45) is 4.09. The number of ether oxygens (including phenoxy) is 2. The Morgan fingerprint density at radius 1 is 1.16 bits per heavy atom. The van der Waals surface area contributed by atoms with E-state index >= 15 is 0 Å². The molecule has 0 bridgehead atoms. The van der Waals surface area contributed by atoms with E-state index in [1.807, 2.05) is 36.6 Å². The zero-order chi connectivity index (χ0) is 25.9. The summed E-state index contributed by atoms with van der Waals surface area (Å²) in [5, 5.41) is 3.49. The maximum Gasteiger partial charge on any atom is 0.201 e. The van der Waals surface area contributed by atoms with E-state index in [9.17, 15) is 13.6 Å². The number of aromatic nitrogens is 2. The average molecular weight is 506 g/mol. The van der Waals surface area contributed by atoms with Gasteiger partial charge in [-0.15, -0.1) is 0 Å². The van der Waals surface area contributed by atoms with Gasteiger partial charge < -0.3 is 14.8 Å². The molecule has 2 heterocycles. The van der Waals surface area contributed by atoms with Crippen molar-refractivity contribution in [2.24, 2.45) is 5.92 Å². The van der Waals surface area contributed by atoms with Crippen molar-refractivity contribution in [3.8, 4) is 17.2 Å². The highest BCUT2D eigenvalue weighted by Gasteiger charge is 2.18. The smallest absolute Gasteiger partial charge is 0.201 e. The maximum absolute atomic E-state index is 14.4. The lowest BCUT2D eigenvalue weighted by Crippen LogP contribution is -2.22. The van der Waals surface area contributed by atoms with E-state index in [1.165, 1.54) is 12.1 Å². The quantitative estimate of drug-likeness (QED) is 0.266. The first kappa shape index (κ1) is 24.9. The third-order valence-corrected chi connectivity index (χ3v) is 6.80. The average Bonchev–Trinajstić information content (AvgIpc) is 3.34. The topological polar surface area (TPSA) is 65.4 Å². The molecule has 0 spiro atoms. The summed E-state index contributed by atoms with van der Waals surface area (Å²) in [4.78, 5) is 16.9. The Hall–Kier alpha value is -3.78. The Bertz CT molecular complexity index is 1440. The summed E-state index contributed by atoms with van der Waals surface area (Å²) < 4.78 is 41.4. The van der Waals surface area contributed by atoms with Crippen LogP contribution < -0.4 is 10.1 Å². The van der Waals surface area contributed by atoms with Crippen molar-refractivity contribution in [1.29, 1.82) is 0 Å². The van der Waals surface area contributed by atoms with Gasteiger partial charge >= 0.3 is 0 Å². The summed E-state index contributed by atoms with van der Waals surface area (Å²) in [6.45, 7) is 5.98. The van der Waals surface area contributed by atoms with Crippen molar-refractivity contribution in [2.75, 3.05) is 25.1 Å². The van der Waals surface area contributed by atoms with Crippen LogP contribution in [0, 0.1) is 24.5 Å². The second-order valence-corrected chi connectivity index (χ2v) is 9.32. The zero-order valence-corrected chi connectivity index (χ0v) is 20.9. The van der Waals surface area contributed by atoms with Crippen LogP contribution in [0.1, 0.15) is 42.1 Å². The fourth-order valence-electron chi connectivity index (χ4n) is 4.69. The third kappa shape index (κ3) is 5.20. The van der Waals surface area contributed by atoms with Crippen LogP contribution in [-0.4, -0.2) is 35.1 Å². The molecule has 1 aliphatic heterocycles. The summed E-state index contributed by atoms with van der Waals surface area (Å²) in [6, 6.07) is 13.0. The van der Waals surface area contributed by atoms with Gasteiger partial charge in [-0.1, -0.05) is 13.0 Å². The van der Waals surface area contributed by atoms with E-state index in [-0.39, 0.29) is 11.5 Å². The highest BCUT2D eigenvalue weighted by molar-refractivity contribution is 5.97. The zero-order valence-electron chi connectivity index (χ0n) is 20.9. The van der Waals surface area contributed by atoms with Crippen LogP contribution in [0.25, 0.3) is 16.7 Å². The molecule has 37 heavy (non-hydrogen) atoms. The molecule has 1 aromatic heterocycles. The van der Waals surface area contributed by atoms with Gasteiger partial charge in [-0.05, 0) is 61.6 Å². The minimum atomic E-state index is -1.04. The first-order chi connectivity index (χ1) is 17.9. The molecule has 5 rings (SSSR count). The number of hydrogen-bond acceptors (Lipinski definition) is 5. The molecule has 1 N–H and O–H groups in total. The fraction of sp³-hybridized carbons (Fsp3) is 0.310. The summed E-state index contributed by atoms with van der Waals surface area (Å²) in [7, 11) is 0. The fourth-order valence-corrected chi connectivity index (χ4v) is 4.69. The molecular formula is C29H29F2N3O3. The summed E-state index contributed by atoms with van der Waals surface area (Å²) >= 11 is 0. The van der Waals surface area contributed by atoms with Gasteiger partial charge in [0.15, 0.2) is 17.3 Å². The highest BCUT2D eigenvalue weighted by Crippen LogP contribution is 2.34. The van der Waals surface area contributed by atoms with E-state index in [0.29, 0.717) is 23.7 Å². The van der Waals surface area contributed by atoms with E-state index in [0.717, 1.165) is 66.6 Å². The Labute approximate surface area is 214 Å². The molecule has 1 aliphatic rings. The Balaban J connectivity index is 1.55. The molecular weight excluding hydrogens is 476 g/mol. The Morgan fingerprint density at radius 3 is 2.73 bits per heavy atom. The van der Waals surface area contributed by atoms with Gasteiger partial charge in [0.2, 0.25) is 5.82 Å². The Morgan fingerprint density at radius 2 is 1.97 bits per heavy atom. The number of nitrogens with one attached hydrogen (secondary N) is 1. The van der Waals surface area contributed by atoms with Crippen LogP contribution >= 0.6 is 0 Å². The van der Waals surface area contributed by atoms with Crippen LogP contribution in [0.2, 0.25) is 0 Å². The highest BCUT2D eigenvalue weighted by atomic mass is 19.2. The van der Waals surface area contributed by atoms with Crippen molar-refractivity contribution >= 4 is 22.5 Å². The van der Waals surface area contributed by atoms with Crippen molar-refractivity contribution in [3.63, 3.8) is 0 Å². The minimum absolute atomic E-state index is 0.0898. The van der Waals surface area contributed by atoms with Gasteiger partial charge in [0, 0.05) is 49.6 Å². The molecule has 8 heteroatoms. The molecule has 1 fully saturated rings. The molecule has 1 saturated heterocycles. The first-order valence-electron chi connectivity index (χ1n) is 12.5. The number of carbonyl (C=O) groups excluding carboxylic acids is 1. The van der Waals surface area contributed by atoms with Crippen molar-refractivity contribution in [2.45, 2.75) is 33.1 Å². The number of benzene rings is 3. The molecule has 192 valence electrons. The second-order valence-electron chi connectivity index (χ2n) is 9.32. The number of ketones is 1. The SMILES string of the molecule is CCC(=O)c1ccc(-n2cnc3c(NCC4CCOCC4)cc(Oc4cccc(F)c4F)cc32)cc1C. The van der Waals surface area contributed by atoms with E-state index in [1.54, 1.807) is 18.5 Å². The molecule has 0 unspecified atom stereocenters. The van der Waals surface area contributed by atoms with Crippen LogP contribution in [-0.2, 0) is 4.74 Å². The van der Waals surface area contributed by atoms with Gasteiger partial charge in [0.05, 0.1) is 11.2 Å². The van der Waals surface area contributed by atoms with E-state index in [2.05, 4.69) is 10.3 Å². The van der Waals surface area contributed by atoms with Crippen LogP contribution in [0.15, 0.2) is 54.9 Å². The molecule has 0 saturated carbocycles. The number of hydrogen-bond donors (Lipinski definition) is 1. The summed E-state index contributed by atoms with van der Waals surface area (Å²) in [5.74, 6) is -1.31. The lowest BCUT2D eigenvalue weighted by atomic mass is 10.0. The lowest BCUT2D eigenvalue weighted by Gasteiger charge is -2.23. The molecule has 3 aromatic carbocycles. The molecule has 0 amide bonds. The number of Topliss-reactive ketones (excluding diaryl/α,β-unsaturated/α-hetero) is 1. The van der Waals surface area contributed by atoms with E-state index in [4.69, 9.17) is 9.47 Å². The third-order valence-electron chi connectivity index (χ3n) is 6.80. The van der Waals surface area contributed by atoms with Crippen LogP contribution in [0.5, 0.6) is 11.5 Å². The van der Waals surface area contributed by atoms with Gasteiger partial charge in [-0.2, -0.15) is 4.39 Å². The standard InChI is InChI=1S/C29H29F2N3O3/c1-3-26(35)22-8-7-20(13-18(22)2)34-17-33-29-24(32-16-19-9-11-36-12-10-19)14-21(15-25(29)34)37-27-6-4-5-23(30)28(27)31/h4-8,13-15,17,19,32H,3,9-12,16H2,1-2H3. The van der Waals surface area contributed by atoms with Crippen LogP contribution in [0.3, 0.4) is 0 Å². The van der Waals surface area contributed by atoms with Gasteiger partial charge in [-0.3, -0.25) is 9.36 Å². The van der Waals surface area contributed by atoms with Gasteiger partial charge in [-0.25, -0.2) is 9.37 Å². The number of aryl methyl sites for hydroxylation is 1. The normalized spacial score (nSPS) is 14.2. The molecule has 0 aliphatic carbocycles. The number of anilines is 1. The maximum atomic E-state index is 14.4. The van der Waals surface area contributed by atoms with E-state index < -0.39 is 11.6 Å². The number of carbonyl (C=O) groups is 1. The van der Waals surface area contributed by atoms with Crippen molar-refractivity contribution in [1.82, 2.24) is 9.55 Å². The number of nitrogens with zero attached hydrogens (tertiary/aromatic N) is 2. The minimum Gasteiger partial charge on any atom is -0.454 e. The first-order valence-corrected chi connectivity index (χ1v) is 12.5.